The third kappa shape index (κ3) is 7.46. The van der Waals surface area contributed by atoms with E-state index in [0.29, 0.717) is 27.8 Å². The van der Waals surface area contributed by atoms with Crippen LogP contribution in [0, 0.1) is 11.7 Å². The normalized spacial score (nSPS) is 13.6. The van der Waals surface area contributed by atoms with Gasteiger partial charge in [0.15, 0.2) is 0 Å². The predicted molar refractivity (Wildman–Crippen MR) is 164 cm³/mol. The van der Waals surface area contributed by atoms with Crippen LogP contribution in [-0.4, -0.2) is 24.9 Å². The summed E-state index contributed by atoms with van der Waals surface area (Å²) >= 11 is 12.1. The Morgan fingerprint density at radius 1 is 0.805 bits per heavy atom. The molecule has 1 aliphatic rings. The van der Waals surface area contributed by atoms with Crippen LogP contribution in [0.15, 0.2) is 91.0 Å². The maximum absolute atomic E-state index is 13.5. The fourth-order valence-corrected chi connectivity index (χ4v) is 5.42. The second-order valence-corrected chi connectivity index (χ2v) is 11.1. The molecule has 0 radical (unpaired) electrons. The van der Waals surface area contributed by atoms with E-state index in [1.54, 1.807) is 36.4 Å². The zero-order chi connectivity index (χ0) is 28.8. The van der Waals surface area contributed by atoms with Crippen LogP contribution in [0.3, 0.4) is 0 Å². The van der Waals surface area contributed by atoms with Crippen molar-refractivity contribution in [3.63, 3.8) is 0 Å². The first kappa shape index (κ1) is 28.7. The highest BCUT2D eigenvalue weighted by molar-refractivity contribution is 6.42. The number of hydrogen-bond donors (Lipinski definition) is 2. The molecular weight excluding hydrogens is 560 g/mol. The lowest BCUT2D eigenvalue weighted by atomic mass is 9.89. The molecule has 1 heterocycles. The highest BCUT2D eigenvalue weighted by Crippen LogP contribution is 2.31. The molecule has 0 spiro atoms. The van der Waals surface area contributed by atoms with Crippen LogP contribution in [-0.2, 0) is 13.0 Å². The van der Waals surface area contributed by atoms with Gasteiger partial charge < -0.3 is 15.5 Å². The Balaban J connectivity index is 1.33. The quantitative estimate of drug-likeness (QED) is 0.220. The molecule has 0 unspecified atom stereocenters. The summed E-state index contributed by atoms with van der Waals surface area (Å²) in [5, 5.41) is 6.46. The lowest BCUT2D eigenvalue weighted by molar-refractivity contribution is 0.0950. The molecular formula is C33H30Cl2FN3O2. The van der Waals surface area contributed by atoms with Gasteiger partial charge in [0.05, 0.1) is 15.6 Å². The van der Waals surface area contributed by atoms with E-state index < -0.39 is 0 Å². The molecule has 1 fully saturated rings. The van der Waals surface area contributed by atoms with Gasteiger partial charge in [-0.05, 0) is 84.8 Å². The van der Waals surface area contributed by atoms with Gasteiger partial charge in [0.2, 0.25) is 0 Å². The van der Waals surface area contributed by atoms with Gasteiger partial charge in [-0.3, -0.25) is 9.59 Å². The number of anilines is 2. The summed E-state index contributed by atoms with van der Waals surface area (Å²) < 4.78 is 13.3. The van der Waals surface area contributed by atoms with Gasteiger partial charge in [-0.1, -0.05) is 65.7 Å². The third-order valence-corrected chi connectivity index (χ3v) is 8.11. The second-order valence-electron chi connectivity index (χ2n) is 10.2. The van der Waals surface area contributed by atoms with Crippen molar-refractivity contribution in [2.24, 2.45) is 5.92 Å². The van der Waals surface area contributed by atoms with Gasteiger partial charge in [0.1, 0.15) is 5.82 Å². The minimum absolute atomic E-state index is 0.248. The van der Waals surface area contributed by atoms with Crippen molar-refractivity contribution in [3.8, 4) is 0 Å². The Kier molecular flexibility index (Phi) is 9.22. The molecule has 4 aromatic carbocycles. The molecule has 1 aliphatic heterocycles. The average Bonchev–Trinajstić information content (AvgIpc) is 2.99. The van der Waals surface area contributed by atoms with Crippen LogP contribution in [0.2, 0.25) is 10.0 Å². The number of halogens is 3. The first-order chi connectivity index (χ1) is 19.9. The highest BCUT2D eigenvalue weighted by atomic mass is 35.5. The van der Waals surface area contributed by atoms with Crippen molar-refractivity contribution in [2.45, 2.75) is 25.8 Å². The summed E-state index contributed by atoms with van der Waals surface area (Å²) in [7, 11) is 0. The van der Waals surface area contributed by atoms with E-state index in [1.165, 1.54) is 23.8 Å². The second kappa shape index (κ2) is 13.2. The number of hydrogen-bond acceptors (Lipinski definition) is 3. The number of carbonyl (C=O) groups excluding carboxylic acids is 2. The van der Waals surface area contributed by atoms with Gasteiger partial charge in [0.25, 0.3) is 11.8 Å². The fraction of sp³-hybridized carbons (Fsp3) is 0.212. The zero-order valence-corrected chi connectivity index (χ0v) is 23.9. The highest BCUT2D eigenvalue weighted by Gasteiger charge is 2.24. The molecule has 2 amide bonds. The summed E-state index contributed by atoms with van der Waals surface area (Å²) in [4.78, 5) is 28.6. The van der Waals surface area contributed by atoms with E-state index in [-0.39, 0.29) is 29.2 Å². The minimum atomic E-state index is -0.365. The van der Waals surface area contributed by atoms with E-state index in [0.717, 1.165) is 43.6 Å². The van der Waals surface area contributed by atoms with Crippen molar-refractivity contribution in [3.05, 3.63) is 129 Å². The molecule has 0 aliphatic carbocycles. The number of amides is 2. The van der Waals surface area contributed by atoms with Gasteiger partial charge in [-0.2, -0.15) is 0 Å². The molecule has 5 nitrogen and oxygen atoms in total. The smallest absolute Gasteiger partial charge is 0.255 e. The molecule has 0 saturated carbocycles. The number of carbonyl (C=O) groups is 2. The lowest BCUT2D eigenvalue weighted by Gasteiger charge is -2.35. The average molecular weight is 591 g/mol. The van der Waals surface area contributed by atoms with Crippen LogP contribution >= 0.6 is 23.2 Å². The Morgan fingerprint density at radius 2 is 1.54 bits per heavy atom. The Labute approximate surface area is 249 Å². The molecule has 0 bridgehead atoms. The maximum Gasteiger partial charge on any atom is 0.255 e. The zero-order valence-electron chi connectivity index (χ0n) is 22.4. The number of rotatable bonds is 8. The molecule has 0 aromatic heterocycles. The third-order valence-electron chi connectivity index (χ3n) is 7.37. The van der Waals surface area contributed by atoms with Crippen molar-refractivity contribution in [2.75, 3.05) is 23.3 Å². The molecule has 8 heteroatoms. The number of nitrogens with zero attached hydrogens (tertiary/aromatic N) is 1. The van der Waals surface area contributed by atoms with Crippen molar-refractivity contribution in [1.82, 2.24) is 5.32 Å². The van der Waals surface area contributed by atoms with Crippen molar-refractivity contribution in [1.29, 1.82) is 0 Å². The monoisotopic (exact) mass is 589 g/mol. The van der Waals surface area contributed by atoms with Crippen LogP contribution < -0.4 is 15.5 Å². The van der Waals surface area contributed by atoms with E-state index in [4.69, 9.17) is 23.2 Å². The van der Waals surface area contributed by atoms with E-state index in [1.807, 2.05) is 12.1 Å². The summed E-state index contributed by atoms with van der Waals surface area (Å²) in [5.74, 6) is -0.394. The topological polar surface area (TPSA) is 61.4 Å². The summed E-state index contributed by atoms with van der Waals surface area (Å²) in [6.07, 6.45) is 3.07. The minimum Gasteiger partial charge on any atom is -0.371 e. The molecule has 2 N–H and O–H groups in total. The maximum atomic E-state index is 13.5. The molecule has 210 valence electrons. The molecule has 0 atom stereocenters. The predicted octanol–water partition coefficient (Wildman–Crippen LogP) is 7.77. The Morgan fingerprint density at radius 3 is 2.24 bits per heavy atom. The number of nitrogens with one attached hydrogen (secondary N) is 2. The van der Waals surface area contributed by atoms with Gasteiger partial charge in [-0.15, -0.1) is 0 Å². The molecule has 5 rings (SSSR count). The van der Waals surface area contributed by atoms with Crippen molar-refractivity contribution < 1.29 is 14.0 Å². The Hall–Kier alpha value is -3.87. The first-order valence-corrected chi connectivity index (χ1v) is 14.3. The van der Waals surface area contributed by atoms with Crippen LogP contribution in [0.25, 0.3) is 0 Å². The largest absolute Gasteiger partial charge is 0.371 e. The first-order valence-electron chi connectivity index (χ1n) is 13.6. The summed E-state index contributed by atoms with van der Waals surface area (Å²) in [6, 6.07) is 26.6. The summed E-state index contributed by atoms with van der Waals surface area (Å²) in [5.41, 5.74) is 4.23. The number of piperidine rings is 1. The molecule has 1 saturated heterocycles. The van der Waals surface area contributed by atoms with Gasteiger partial charge in [0, 0.05) is 36.6 Å². The number of benzene rings is 4. The van der Waals surface area contributed by atoms with E-state index in [9.17, 15) is 14.0 Å². The molecule has 41 heavy (non-hydrogen) atoms. The SMILES string of the molecule is O=C(Nc1ccc(N2CCC(Cc3ccccc3)CC2)c(C(=O)NCc2ccc(F)cc2)c1)c1ccc(Cl)c(Cl)c1. The fourth-order valence-electron chi connectivity index (χ4n) is 5.12. The lowest BCUT2D eigenvalue weighted by Crippen LogP contribution is -2.36. The van der Waals surface area contributed by atoms with E-state index in [2.05, 4.69) is 39.8 Å². The van der Waals surface area contributed by atoms with Crippen LogP contribution in [0.5, 0.6) is 0 Å². The van der Waals surface area contributed by atoms with Gasteiger partial charge >= 0.3 is 0 Å². The Bertz CT molecular complexity index is 1520. The standard InChI is InChI=1S/C33H30Cl2FN3O2/c34-29-12-8-25(19-30(29)35)32(40)38-27-11-13-31(28(20-27)33(41)37-21-24-6-9-26(36)10-7-24)39-16-14-23(15-17-39)18-22-4-2-1-3-5-22/h1-13,19-20,23H,14-18,21H2,(H,37,41)(H,38,40). The van der Waals surface area contributed by atoms with Crippen molar-refractivity contribution >= 4 is 46.4 Å². The summed E-state index contributed by atoms with van der Waals surface area (Å²) in [6.45, 7) is 1.90. The van der Waals surface area contributed by atoms with Crippen LogP contribution in [0.1, 0.15) is 44.7 Å². The van der Waals surface area contributed by atoms with E-state index >= 15 is 0 Å². The van der Waals surface area contributed by atoms with Crippen LogP contribution in [0.4, 0.5) is 15.8 Å². The van der Waals surface area contributed by atoms with Gasteiger partial charge in [-0.25, -0.2) is 4.39 Å². The molecule has 4 aromatic rings.